The van der Waals surface area contributed by atoms with Crippen LogP contribution >= 0.6 is 0 Å². The summed E-state index contributed by atoms with van der Waals surface area (Å²) in [4.78, 5) is 0. The van der Waals surface area contributed by atoms with Crippen LogP contribution in [0.3, 0.4) is 0 Å². The van der Waals surface area contributed by atoms with E-state index >= 15 is 0 Å². The van der Waals surface area contributed by atoms with Crippen LogP contribution in [0.1, 0.15) is 75.0 Å². The van der Waals surface area contributed by atoms with E-state index in [0.29, 0.717) is 0 Å². The van der Waals surface area contributed by atoms with Gasteiger partial charge in [-0.1, -0.05) is 87.8 Å². The lowest BCUT2D eigenvalue weighted by Gasteiger charge is -2.18. The Morgan fingerprint density at radius 3 is 1.86 bits per heavy atom. The normalized spacial score (nSPS) is 11.3. The Kier molecular flexibility index (Phi) is 8.99. The quantitative estimate of drug-likeness (QED) is 0.370. The third-order valence-corrected chi connectivity index (χ3v) is 6.23. The van der Waals surface area contributed by atoms with Crippen molar-refractivity contribution < 1.29 is 0 Å². The zero-order valence-corrected chi connectivity index (χ0v) is 16.0. The van der Waals surface area contributed by atoms with E-state index in [4.69, 9.17) is 0 Å². The molecule has 119 valence electrons. The van der Waals surface area contributed by atoms with Crippen LogP contribution in [0.4, 0.5) is 0 Å². The molecule has 0 unspecified atom stereocenters. The first-order valence-electron chi connectivity index (χ1n) is 8.97. The van der Waals surface area contributed by atoms with Crippen molar-refractivity contribution in [1.82, 2.24) is 0 Å². The SMILES string of the molecule is CCCCCCCCCCc1c(C)ccc(C)c1[Si](C)C. The lowest BCUT2D eigenvalue weighted by molar-refractivity contribution is 0.575. The predicted octanol–water partition coefficient (Wildman–Crippen LogP) is 5.95. The second-order valence-electron chi connectivity index (χ2n) is 6.78. The summed E-state index contributed by atoms with van der Waals surface area (Å²) in [6.07, 6.45) is 12.6. The molecule has 0 saturated carbocycles. The predicted molar refractivity (Wildman–Crippen MR) is 99.3 cm³/mol. The van der Waals surface area contributed by atoms with Crippen LogP contribution in [0.2, 0.25) is 13.1 Å². The molecule has 0 aliphatic rings. The number of aryl methyl sites for hydroxylation is 2. The fourth-order valence-electron chi connectivity index (χ4n) is 3.32. The maximum absolute atomic E-state index is 2.43. The minimum atomic E-state index is -0.351. The van der Waals surface area contributed by atoms with Gasteiger partial charge < -0.3 is 0 Å². The number of rotatable bonds is 10. The largest absolute Gasteiger partial charge is 0.0799 e. The summed E-state index contributed by atoms with van der Waals surface area (Å²) in [5.41, 5.74) is 4.72. The second kappa shape index (κ2) is 10.2. The molecule has 0 nitrogen and oxygen atoms in total. The molecular weight excluding hydrogens is 268 g/mol. The molecule has 0 bridgehead atoms. The van der Waals surface area contributed by atoms with Crippen LogP contribution in [-0.4, -0.2) is 8.80 Å². The van der Waals surface area contributed by atoms with Gasteiger partial charge in [-0.25, -0.2) is 0 Å². The van der Waals surface area contributed by atoms with Crippen LogP contribution in [0.25, 0.3) is 0 Å². The smallest absolute Gasteiger partial charge is 0.0671 e. The summed E-state index contributed by atoms with van der Waals surface area (Å²) in [5, 5.41) is 1.71. The Morgan fingerprint density at radius 2 is 1.29 bits per heavy atom. The van der Waals surface area contributed by atoms with Crippen LogP contribution < -0.4 is 5.19 Å². The fourth-order valence-corrected chi connectivity index (χ4v) is 5.12. The Bertz CT molecular complexity index is 407. The molecule has 21 heavy (non-hydrogen) atoms. The van der Waals surface area contributed by atoms with E-state index in [0.717, 1.165) is 0 Å². The molecule has 0 aromatic heterocycles. The Morgan fingerprint density at radius 1 is 0.762 bits per heavy atom. The first-order chi connectivity index (χ1) is 10.1. The van der Waals surface area contributed by atoms with E-state index in [-0.39, 0.29) is 8.80 Å². The van der Waals surface area contributed by atoms with E-state index in [9.17, 15) is 0 Å². The molecule has 0 spiro atoms. The summed E-state index contributed by atoms with van der Waals surface area (Å²) in [7, 11) is -0.351. The van der Waals surface area contributed by atoms with Crippen molar-refractivity contribution in [2.24, 2.45) is 0 Å². The highest BCUT2D eigenvalue weighted by Crippen LogP contribution is 2.15. The van der Waals surface area contributed by atoms with Gasteiger partial charge in [0.25, 0.3) is 0 Å². The van der Waals surface area contributed by atoms with Crippen molar-refractivity contribution in [3.63, 3.8) is 0 Å². The third kappa shape index (κ3) is 6.38. The maximum atomic E-state index is 2.43. The monoisotopic (exact) mass is 303 g/mol. The van der Waals surface area contributed by atoms with Crippen molar-refractivity contribution in [1.29, 1.82) is 0 Å². The summed E-state index contributed by atoms with van der Waals surface area (Å²) >= 11 is 0. The van der Waals surface area contributed by atoms with Gasteiger partial charge in [-0.15, -0.1) is 0 Å². The third-order valence-electron chi connectivity index (χ3n) is 4.54. The maximum Gasteiger partial charge on any atom is 0.0799 e. The van der Waals surface area contributed by atoms with E-state index in [1.165, 1.54) is 68.9 Å². The van der Waals surface area contributed by atoms with Gasteiger partial charge in [-0.2, -0.15) is 0 Å². The molecule has 1 heteroatoms. The highest BCUT2D eigenvalue weighted by Gasteiger charge is 2.12. The number of hydrogen-bond acceptors (Lipinski definition) is 0. The zero-order chi connectivity index (χ0) is 15.7. The Labute approximate surface area is 135 Å². The fraction of sp³-hybridized carbons (Fsp3) is 0.700. The van der Waals surface area contributed by atoms with Gasteiger partial charge in [0.2, 0.25) is 0 Å². The van der Waals surface area contributed by atoms with Gasteiger partial charge in [0, 0.05) is 0 Å². The van der Waals surface area contributed by atoms with Crippen molar-refractivity contribution >= 4 is 14.0 Å². The molecule has 0 heterocycles. The van der Waals surface area contributed by atoms with Crippen LogP contribution in [0, 0.1) is 13.8 Å². The topological polar surface area (TPSA) is 0 Å². The highest BCUT2D eigenvalue weighted by molar-refractivity contribution is 6.71. The van der Waals surface area contributed by atoms with Crippen molar-refractivity contribution in [2.45, 2.75) is 91.7 Å². The molecule has 0 fully saturated rings. The van der Waals surface area contributed by atoms with Gasteiger partial charge in [0.05, 0.1) is 8.80 Å². The van der Waals surface area contributed by atoms with Crippen LogP contribution in [0.5, 0.6) is 0 Å². The Balaban J connectivity index is 2.40. The van der Waals surface area contributed by atoms with Crippen LogP contribution in [-0.2, 0) is 6.42 Å². The van der Waals surface area contributed by atoms with Gasteiger partial charge in [-0.3, -0.25) is 0 Å². The number of benzene rings is 1. The molecule has 0 aliphatic heterocycles. The summed E-state index contributed by atoms with van der Waals surface area (Å²) in [6, 6.07) is 4.64. The summed E-state index contributed by atoms with van der Waals surface area (Å²) in [5.74, 6) is 0. The van der Waals surface area contributed by atoms with Gasteiger partial charge in [-0.05, 0) is 37.8 Å². The first-order valence-corrected chi connectivity index (χ1v) is 11.5. The Hall–Kier alpha value is -0.563. The lowest BCUT2D eigenvalue weighted by Crippen LogP contribution is -2.30. The van der Waals surface area contributed by atoms with E-state index in [2.05, 4.69) is 46.0 Å². The van der Waals surface area contributed by atoms with Gasteiger partial charge >= 0.3 is 0 Å². The highest BCUT2D eigenvalue weighted by atomic mass is 28.3. The molecule has 1 aromatic rings. The molecule has 0 saturated heterocycles. The summed E-state index contributed by atoms with van der Waals surface area (Å²) in [6.45, 7) is 11.8. The molecule has 0 atom stereocenters. The first kappa shape index (κ1) is 18.5. The van der Waals surface area contributed by atoms with E-state index < -0.39 is 0 Å². The van der Waals surface area contributed by atoms with Crippen molar-refractivity contribution in [3.05, 3.63) is 28.8 Å². The molecule has 1 radical (unpaired) electrons. The van der Waals surface area contributed by atoms with Gasteiger partial charge in [0.15, 0.2) is 0 Å². The molecule has 1 rings (SSSR count). The van der Waals surface area contributed by atoms with Crippen molar-refractivity contribution in [3.8, 4) is 0 Å². The average molecular weight is 304 g/mol. The number of hydrogen-bond donors (Lipinski definition) is 0. The molecule has 0 N–H and O–H groups in total. The van der Waals surface area contributed by atoms with E-state index in [1.54, 1.807) is 10.8 Å². The average Bonchev–Trinajstić information content (AvgIpc) is 2.44. The molecule has 1 aromatic carbocycles. The number of unbranched alkanes of at least 4 members (excludes halogenated alkanes) is 7. The van der Waals surface area contributed by atoms with Crippen LogP contribution in [0.15, 0.2) is 12.1 Å². The zero-order valence-electron chi connectivity index (χ0n) is 15.0. The van der Waals surface area contributed by atoms with Gasteiger partial charge in [0.1, 0.15) is 0 Å². The second-order valence-corrected chi connectivity index (χ2v) is 9.28. The minimum Gasteiger partial charge on any atom is -0.0671 e. The minimum absolute atomic E-state index is 0.351. The lowest BCUT2D eigenvalue weighted by atomic mass is 9.99. The van der Waals surface area contributed by atoms with E-state index in [1.807, 2.05) is 0 Å². The standard InChI is InChI=1S/C20H35Si/c1-6-7-8-9-10-11-12-13-14-19-17(2)15-16-18(3)20(19)21(4)5/h15-16H,6-14H2,1-5H3. The molecule has 0 aliphatic carbocycles. The molecule has 0 amide bonds. The molecular formula is C20H35Si. The van der Waals surface area contributed by atoms with Crippen molar-refractivity contribution in [2.75, 3.05) is 0 Å². The summed E-state index contributed by atoms with van der Waals surface area (Å²) < 4.78 is 0.